The molecule has 0 spiro atoms. The lowest BCUT2D eigenvalue weighted by molar-refractivity contribution is 0.102. The summed E-state index contributed by atoms with van der Waals surface area (Å²) in [5.41, 5.74) is 0.341. The van der Waals surface area contributed by atoms with Gasteiger partial charge in [-0.25, -0.2) is 9.37 Å². The molecule has 2 aromatic rings. The second kappa shape index (κ2) is 6.95. The molecule has 1 aromatic heterocycles. The van der Waals surface area contributed by atoms with Gasteiger partial charge in [-0.2, -0.15) is 0 Å². The molecule has 0 aliphatic carbocycles. The van der Waals surface area contributed by atoms with Gasteiger partial charge in [0.25, 0.3) is 5.91 Å². The molecule has 6 nitrogen and oxygen atoms in total. The van der Waals surface area contributed by atoms with Gasteiger partial charge in [-0.1, -0.05) is 0 Å². The van der Waals surface area contributed by atoms with Crippen molar-refractivity contribution in [3.8, 4) is 11.5 Å². The Balaban J connectivity index is 2.34. The highest BCUT2D eigenvalue weighted by Gasteiger charge is 2.17. The average molecular weight is 319 g/mol. The fraction of sp³-hybridized carbons (Fsp3) is 0.250. The van der Waals surface area contributed by atoms with E-state index in [0.29, 0.717) is 17.1 Å². The SMILES string of the molecule is COc1cc(F)c(NC(=O)c2cccnc2N(C)C)cc1OC. The second-order valence-corrected chi connectivity index (χ2v) is 4.91. The molecule has 2 rings (SSSR count). The Labute approximate surface area is 133 Å². The molecule has 0 atom stereocenters. The summed E-state index contributed by atoms with van der Waals surface area (Å²) in [6, 6.07) is 5.80. The Hall–Kier alpha value is -2.83. The lowest BCUT2D eigenvalue weighted by Gasteiger charge is -2.16. The van der Waals surface area contributed by atoms with Gasteiger partial charge >= 0.3 is 0 Å². The monoisotopic (exact) mass is 319 g/mol. The molecule has 7 heteroatoms. The molecule has 122 valence electrons. The molecule has 1 amide bonds. The number of halogens is 1. The van der Waals surface area contributed by atoms with E-state index in [0.717, 1.165) is 6.07 Å². The second-order valence-electron chi connectivity index (χ2n) is 4.91. The first-order valence-corrected chi connectivity index (χ1v) is 6.83. The van der Waals surface area contributed by atoms with Crippen molar-refractivity contribution in [1.29, 1.82) is 0 Å². The predicted octanol–water partition coefficient (Wildman–Crippen LogP) is 2.56. The Bertz CT molecular complexity index is 720. The Kier molecular flexibility index (Phi) is 5.00. The summed E-state index contributed by atoms with van der Waals surface area (Å²) in [4.78, 5) is 18.3. The summed E-state index contributed by atoms with van der Waals surface area (Å²) in [6.45, 7) is 0. The van der Waals surface area contributed by atoms with Gasteiger partial charge in [-0.05, 0) is 12.1 Å². The number of aromatic nitrogens is 1. The van der Waals surface area contributed by atoms with E-state index in [4.69, 9.17) is 9.47 Å². The van der Waals surface area contributed by atoms with Crippen LogP contribution in [0.15, 0.2) is 30.5 Å². The molecule has 0 radical (unpaired) electrons. The van der Waals surface area contributed by atoms with Gasteiger partial charge in [0.15, 0.2) is 17.3 Å². The Morgan fingerprint density at radius 2 is 1.87 bits per heavy atom. The standard InChI is InChI=1S/C16H18FN3O3/c1-20(2)15-10(6-5-7-18-15)16(21)19-12-9-14(23-4)13(22-3)8-11(12)17/h5-9H,1-4H3,(H,19,21). The molecule has 0 saturated carbocycles. The topological polar surface area (TPSA) is 63.7 Å². The minimum atomic E-state index is -0.619. The van der Waals surface area contributed by atoms with Crippen LogP contribution in [-0.4, -0.2) is 39.2 Å². The highest BCUT2D eigenvalue weighted by atomic mass is 19.1. The summed E-state index contributed by atoms with van der Waals surface area (Å²) in [7, 11) is 6.40. The number of amides is 1. The number of methoxy groups -OCH3 is 2. The number of pyridine rings is 1. The van der Waals surface area contributed by atoms with E-state index >= 15 is 0 Å². The van der Waals surface area contributed by atoms with Crippen molar-refractivity contribution in [1.82, 2.24) is 4.98 Å². The number of ether oxygens (including phenoxy) is 2. The van der Waals surface area contributed by atoms with Gasteiger partial charge < -0.3 is 19.7 Å². The van der Waals surface area contributed by atoms with Crippen molar-refractivity contribution in [2.24, 2.45) is 0 Å². The van der Waals surface area contributed by atoms with E-state index in [1.165, 1.54) is 20.3 Å². The van der Waals surface area contributed by atoms with Crippen molar-refractivity contribution < 1.29 is 18.7 Å². The van der Waals surface area contributed by atoms with E-state index in [9.17, 15) is 9.18 Å². The van der Waals surface area contributed by atoms with E-state index < -0.39 is 11.7 Å². The maximum atomic E-state index is 14.1. The molecule has 0 aliphatic rings. The quantitative estimate of drug-likeness (QED) is 0.917. The van der Waals surface area contributed by atoms with Gasteiger partial charge in [-0.15, -0.1) is 0 Å². The third-order valence-corrected chi connectivity index (χ3v) is 3.18. The number of benzene rings is 1. The van der Waals surface area contributed by atoms with Crippen molar-refractivity contribution in [2.45, 2.75) is 0 Å². The molecule has 1 aromatic carbocycles. The summed E-state index contributed by atoms with van der Waals surface area (Å²) in [5, 5.41) is 2.53. The summed E-state index contributed by atoms with van der Waals surface area (Å²) >= 11 is 0. The lowest BCUT2D eigenvalue weighted by Crippen LogP contribution is -2.20. The average Bonchev–Trinajstić information content (AvgIpc) is 2.56. The largest absolute Gasteiger partial charge is 0.493 e. The van der Waals surface area contributed by atoms with Crippen LogP contribution in [-0.2, 0) is 0 Å². The van der Waals surface area contributed by atoms with E-state index in [1.807, 2.05) is 0 Å². The summed E-state index contributed by atoms with van der Waals surface area (Å²) in [5.74, 6) is -0.0216. The molecular weight excluding hydrogens is 301 g/mol. The molecule has 0 fully saturated rings. The molecule has 23 heavy (non-hydrogen) atoms. The molecule has 0 unspecified atom stereocenters. The summed E-state index contributed by atoms with van der Waals surface area (Å²) < 4.78 is 24.2. The van der Waals surface area contributed by atoms with Crippen LogP contribution in [0, 0.1) is 5.82 Å². The van der Waals surface area contributed by atoms with Crippen molar-refractivity contribution in [3.63, 3.8) is 0 Å². The first kappa shape index (κ1) is 16.5. The van der Waals surface area contributed by atoms with Crippen molar-refractivity contribution >= 4 is 17.4 Å². The zero-order valence-corrected chi connectivity index (χ0v) is 13.4. The minimum Gasteiger partial charge on any atom is -0.493 e. The van der Waals surface area contributed by atoms with E-state index in [2.05, 4.69) is 10.3 Å². The molecule has 1 N–H and O–H groups in total. The smallest absolute Gasteiger partial charge is 0.259 e. The number of nitrogens with one attached hydrogen (secondary N) is 1. The van der Waals surface area contributed by atoms with Gasteiger partial charge in [0, 0.05) is 32.4 Å². The van der Waals surface area contributed by atoms with Crippen LogP contribution in [0.5, 0.6) is 11.5 Å². The molecule has 1 heterocycles. The number of carbonyl (C=O) groups is 1. The lowest BCUT2D eigenvalue weighted by atomic mass is 10.2. The maximum Gasteiger partial charge on any atom is 0.259 e. The maximum absolute atomic E-state index is 14.1. The molecule has 0 saturated heterocycles. The number of carbonyl (C=O) groups excluding carboxylic acids is 1. The van der Waals surface area contributed by atoms with Crippen LogP contribution in [0.1, 0.15) is 10.4 Å². The minimum absolute atomic E-state index is 0.00112. The van der Waals surface area contributed by atoms with Gasteiger partial charge in [0.1, 0.15) is 5.82 Å². The highest BCUT2D eigenvalue weighted by molar-refractivity contribution is 6.07. The van der Waals surface area contributed by atoms with E-state index in [-0.39, 0.29) is 11.4 Å². The van der Waals surface area contributed by atoms with Gasteiger partial charge in [0.05, 0.1) is 25.5 Å². The number of hydrogen-bond donors (Lipinski definition) is 1. The molecule has 0 bridgehead atoms. The van der Waals surface area contributed by atoms with Gasteiger partial charge in [-0.3, -0.25) is 4.79 Å². The van der Waals surface area contributed by atoms with Crippen LogP contribution >= 0.6 is 0 Å². The highest BCUT2D eigenvalue weighted by Crippen LogP contribution is 2.32. The molecular formula is C16H18FN3O3. The first-order valence-electron chi connectivity index (χ1n) is 6.83. The van der Waals surface area contributed by atoms with Crippen LogP contribution in [0.4, 0.5) is 15.9 Å². The van der Waals surface area contributed by atoms with Crippen LogP contribution in [0.3, 0.4) is 0 Å². The predicted molar refractivity (Wildman–Crippen MR) is 86.0 cm³/mol. The third kappa shape index (κ3) is 3.50. The Morgan fingerprint density at radius 3 is 2.48 bits per heavy atom. The van der Waals surface area contributed by atoms with Crippen LogP contribution in [0.25, 0.3) is 0 Å². The number of hydrogen-bond acceptors (Lipinski definition) is 5. The molecule has 0 aliphatic heterocycles. The van der Waals surface area contributed by atoms with E-state index in [1.54, 1.807) is 37.3 Å². The first-order chi connectivity index (χ1) is 11.0. The van der Waals surface area contributed by atoms with Gasteiger partial charge in [0.2, 0.25) is 0 Å². The van der Waals surface area contributed by atoms with Crippen molar-refractivity contribution in [3.05, 3.63) is 41.8 Å². The van der Waals surface area contributed by atoms with Crippen LogP contribution < -0.4 is 19.7 Å². The summed E-state index contributed by atoms with van der Waals surface area (Å²) in [6.07, 6.45) is 1.59. The Morgan fingerprint density at radius 1 is 1.22 bits per heavy atom. The van der Waals surface area contributed by atoms with Crippen molar-refractivity contribution in [2.75, 3.05) is 38.5 Å². The number of anilines is 2. The zero-order valence-electron chi connectivity index (χ0n) is 13.4. The number of nitrogens with zero attached hydrogens (tertiary/aromatic N) is 2. The van der Waals surface area contributed by atoms with Crippen LogP contribution in [0.2, 0.25) is 0 Å². The third-order valence-electron chi connectivity index (χ3n) is 3.18. The number of rotatable bonds is 5. The normalized spacial score (nSPS) is 10.1. The fourth-order valence-corrected chi connectivity index (χ4v) is 2.07. The fourth-order valence-electron chi connectivity index (χ4n) is 2.07. The zero-order chi connectivity index (χ0) is 17.0.